The van der Waals surface area contributed by atoms with Crippen LogP contribution in [0.3, 0.4) is 0 Å². The molecule has 1 amide bonds. The molecule has 22 heavy (non-hydrogen) atoms. The summed E-state index contributed by atoms with van der Waals surface area (Å²) < 4.78 is 0. The van der Waals surface area contributed by atoms with Gasteiger partial charge in [0.15, 0.2) is 0 Å². The lowest BCUT2D eigenvalue weighted by Gasteiger charge is -2.18. The third-order valence-electron chi connectivity index (χ3n) is 3.63. The molecule has 0 aromatic heterocycles. The average molecular weight is 298 g/mol. The number of rotatable bonds is 7. The highest BCUT2D eigenvalue weighted by Gasteiger charge is 2.12. The lowest BCUT2D eigenvalue weighted by atomic mass is 10.0. The summed E-state index contributed by atoms with van der Waals surface area (Å²) in [7, 11) is 0. The molecule has 0 heterocycles. The minimum absolute atomic E-state index is 0.146. The molecule has 4 heteroatoms. The molecule has 4 N–H and O–H groups in total. The van der Waals surface area contributed by atoms with Crippen molar-refractivity contribution >= 4 is 5.91 Å². The van der Waals surface area contributed by atoms with E-state index in [1.807, 2.05) is 49.4 Å². The molecule has 2 aromatic carbocycles. The van der Waals surface area contributed by atoms with Crippen molar-refractivity contribution in [1.82, 2.24) is 5.32 Å². The Hall–Kier alpha value is -2.17. The van der Waals surface area contributed by atoms with Crippen LogP contribution in [0, 0.1) is 0 Å². The summed E-state index contributed by atoms with van der Waals surface area (Å²) in [6.45, 7) is 2.66. The number of aliphatic hydroxyl groups is 1. The fraction of sp³-hybridized carbons (Fsp3) is 0.278. The highest BCUT2D eigenvalue weighted by Crippen LogP contribution is 2.18. The van der Waals surface area contributed by atoms with Gasteiger partial charge in [0.05, 0.1) is 6.10 Å². The second-order valence-corrected chi connectivity index (χ2v) is 5.51. The van der Waals surface area contributed by atoms with Gasteiger partial charge in [-0.2, -0.15) is 0 Å². The maximum atomic E-state index is 11.2. The van der Waals surface area contributed by atoms with E-state index in [9.17, 15) is 9.90 Å². The van der Waals surface area contributed by atoms with Gasteiger partial charge in [-0.15, -0.1) is 0 Å². The molecule has 0 radical (unpaired) electrons. The van der Waals surface area contributed by atoms with Gasteiger partial charge in [-0.25, -0.2) is 0 Å². The second kappa shape index (κ2) is 7.73. The first-order valence-electron chi connectivity index (χ1n) is 7.41. The predicted molar refractivity (Wildman–Crippen MR) is 87.3 cm³/mol. The van der Waals surface area contributed by atoms with E-state index in [4.69, 9.17) is 5.73 Å². The minimum atomic E-state index is -0.486. The fourth-order valence-corrected chi connectivity index (χ4v) is 2.36. The number of amides is 1. The highest BCUT2D eigenvalue weighted by atomic mass is 16.3. The van der Waals surface area contributed by atoms with Gasteiger partial charge in [0.1, 0.15) is 0 Å². The number of primary amides is 1. The Morgan fingerprint density at radius 2 is 1.91 bits per heavy atom. The molecular formula is C18H22N2O2. The summed E-state index contributed by atoms with van der Waals surface area (Å²) in [6.07, 6.45) is 0.139. The minimum Gasteiger partial charge on any atom is -0.388 e. The summed E-state index contributed by atoms with van der Waals surface area (Å²) in [4.78, 5) is 11.2. The molecule has 2 atom stereocenters. The largest absolute Gasteiger partial charge is 0.388 e. The average Bonchev–Trinajstić information content (AvgIpc) is 2.54. The Labute approximate surface area is 131 Å². The predicted octanol–water partition coefficient (Wildman–Crippen LogP) is 2.39. The zero-order chi connectivity index (χ0) is 15.9. The van der Waals surface area contributed by atoms with Crippen LogP contribution in [0.15, 0.2) is 54.6 Å². The van der Waals surface area contributed by atoms with E-state index < -0.39 is 12.0 Å². The molecule has 0 aliphatic carbocycles. The standard InChI is InChI=1S/C18H22N2O2/c1-13(10-17(21)15-7-3-2-4-8-15)20-12-14-6-5-9-16(11-14)18(19)22/h2-9,11,13,17,20-21H,10,12H2,1H3,(H2,19,22). The van der Waals surface area contributed by atoms with E-state index >= 15 is 0 Å². The first-order chi connectivity index (χ1) is 10.6. The van der Waals surface area contributed by atoms with Crippen LogP contribution in [0.1, 0.15) is 40.9 Å². The van der Waals surface area contributed by atoms with E-state index in [0.717, 1.165) is 11.1 Å². The molecule has 0 fully saturated rings. The molecule has 2 rings (SSSR count). The van der Waals surface area contributed by atoms with Crippen LogP contribution >= 0.6 is 0 Å². The second-order valence-electron chi connectivity index (χ2n) is 5.51. The van der Waals surface area contributed by atoms with Crippen LogP contribution in [-0.4, -0.2) is 17.1 Å². The number of nitrogens with two attached hydrogens (primary N) is 1. The molecule has 0 aliphatic heterocycles. The Kier molecular flexibility index (Phi) is 5.69. The van der Waals surface area contributed by atoms with Crippen LogP contribution < -0.4 is 11.1 Å². The summed E-state index contributed by atoms with van der Waals surface area (Å²) in [6, 6.07) is 17.0. The van der Waals surface area contributed by atoms with Gasteiger partial charge in [0.2, 0.25) is 5.91 Å². The van der Waals surface area contributed by atoms with Crippen molar-refractivity contribution in [2.45, 2.75) is 32.0 Å². The summed E-state index contributed by atoms with van der Waals surface area (Å²) in [5.74, 6) is -0.422. The summed E-state index contributed by atoms with van der Waals surface area (Å²) in [5.41, 5.74) is 7.71. The molecule has 0 spiro atoms. The van der Waals surface area contributed by atoms with Gasteiger partial charge in [-0.3, -0.25) is 4.79 Å². The Morgan fingerprint density at radius 1 is 1.18 bits per heavy atom. The SMILES string of the molecule is CC(CC(O)c1ccccc1)NCc1cccc(C(N)=O)c1. The number of hydrogen-bond donors (Lipinski definition) is 3. The molecule has 0 saturated heterocycles. The van der Waals surface area contributed by atoms with Gasteiger partial charge in [-0.1, -0.05) is 42.5 Å². The third kappa shape index (κ3) is 4.69. The topological polar surface area (TPSA) is 75.3 Å². The lowest BCUT2D eigenvalue weighted by molar-refractivity contribution is 0.1000. The normalized spacial score (nSPS) is 13.5. The van der Waals surface area contributed by atoms with E-state index in [1.165, 1.54) is 0 Å². The van der Waals surface area contributed by atoms with Crippen molar-refractivity contribution in [1.29, 1.82) is 0 Å². The number of carbonyl (C=O) groups is 1. The molecule has 0 bridgehead atoms. The van der Waals surface area contributed by atoms with Crippen molar-refractivity contribution in [3.8, 4) is 0 Å². The van der Waals surface area contributed by atoms with Crippen LogP contribution in [0.5, 0.6) is 0 Å². The van der Waals surface area contributed by atoms with Gasteiger partial charge >= 0.3 is 0 Å². The van der Waals surface area contributed by atoms with Gasteiger partial charge in [0.25, 0.3) is 0 Å². The number of aliphatic hydroxyl groups excluding tert-OH is 1. The van der Waals surface area contributed by atoms with Gasteiger partial charge in [-0.05, 0) is 36.6 Å². The van der Waals surface area contributed by atoms with Crippen molar-refractivity contribution in [3.05, 3.63) is 71.3 Å². The van der Waals surface area contributed by atoms with E-state index in [-0.39, 0.29) is 6.04 Å². The zero-order valence-electron chi connectivity index (χ0n) is 12.7. The van der Waals surface area contributed by atoms with E-state index in [0.29, 0.717) is 18.5 Å². The Morgan fingerprint density at radius 3 is 2.59 bits per heavy atom. The number of hydrogen-bond acceptors (Lipinski definition) is 3. The summed E-state index contributed by atoms with van der Waals surface area (Å²) >= 11 is 0. The molecule has 4 nitrogen and oxygen atoms in total. The maximum Gasteiger partial charge on any atom is 0.248 e. The molecule has 2 aromatic rings. The molecule has 116 valence electrons. The van der Waals surface area contributed by atoms with Crippen molar-refractivity contribution < 1.29 is 9.90 Å². The van der Waals surface area contributed by atoms with E-state index in [1.54, 1.807) is 12.1 Å². The maximum absolute atomic E-state index is 11.2. The number of carbonyl (C=O) groups excluding carboxylic acids is 1. The number of nitrogens with one attached hydrogen (secondary N) is 1. The quantitative estimate of drug-likeness (QED) is 0.734. The van der Waals surface area contributed by atoms with Crippen molar-refractivity contribution in [3.63, 3.8) is 0 Å². The Bertz CT molecular complexity index is 613. The van der Waals surface area contributed by atoms with Crippen LogP contribution in [-0.2, 0) is 6.54 Å². The van der Waals surface area contributed by atoms with Crippen molar-refractivity contribution in [2.24, 2.45) is 5.73 Å². The Balaban J connectivity index is 1.86. The van der Waals surface area contributed by atoms with Crippen molar-refractivity contribution in [2.75, 3.05) is 0 Å². The summed E-state index contributed by atoms with van der Waals surface area (Å²) in [5, 5.41) is 13.6. The molecular weight excluding hydrogens is 276 g/mol. The number of benzene rings is 2. The zero-order valence-corrected chi connectivity index (χ0v) is 12.7. The lowest BCUT2D eigenvalue weighted by Crippen LogP contribution is -2.27. The van der Waals surface area contributed by atoms with Crippen LogP contribution in [0.4, 0.5) is 0 Å². The van der Waals surface area contributed by atoms with E-state index in [2.05, 4.69) is 5.32 Å². The fourth-order valence-electron chi connectivity index (χ4n) is 2.36. The molecule has 2 unspecified atom stereocenters. The van der Waals surface area contributed by atoms with Crippen LogP contribution in [0.2, 0.25) is 0 Å². The smallest absolute Gasteiger partial charge is 0.248 e. The van der Waals surface area contributed by atoms with Crippen LogP contribution in [0.25, 0.3) is 0 Å². The first kappa shape index (κ1) is 16.2. The third-order valence-corrected chi connectivity index (χ3v) is 3.63. The van der Waals surface area contributed by atoms with Gasteiger partial charge in [0, 0.05) is 18.2 Å². The first-order valence-corrected chi connectivity index (χ1v) is 7.41. The monoisotopic (exact) mass is 298 g/mol. The molecule has 0 saturated carbocycles. The highest BCUT2D eigenvalue weighted by molar-refractivity contribution is 5.92. The molecule has 0 aliphatic rings. The van der Waals surface area contributed by atoms with Gasteiger partial charge < -0.3 is 16.2 Å².